The zero-order valence-electron chi connectivity index (χ0n) is 27.4. The lowest BCUT2D eigenvalue weighted by Gasteiger charge is -2.10. The van der Waals surface area contributed by atoms with Gasteiger partial charge in [-0.1, -0.05) is 140 Å². The Morgan fingerprint density at radius 1 is 0.392 bits per heavy atom. The van der Waals surface area contributed by atoms with E-state index in [2.05, 4.69) is 91.0 Å². The molecule has 0 aliphatic carbocycles. The quantitative estimate of drug-likeness (QED) is 0.179. The molecule has 0 spiro atoms. The Labute approximate surface area is 294 Å². The molecule has 0 fully saturated rings. The molecular formula is C46H28N4O. The highest BCUT2D eigenvalue weighted by Crippen LogP contribution is 2.38. The van der Waals surface area contributed by atoms with Crippen LogP contribution in [0.3, 0.4) is 0 Å². The van der Waals surface area contributed by atoms with Crippen LogP contribution in [0.1, 0.15) is 5.56 Å². The molecule has 2 heterocycles. The van der Waals surface area contributed by atoms with E-state index >= 15 is 0 Å². The molecule has 51 heavy (non-hydrogen) atoms. The van der Waals surface area contributed by atoms with Crippen molar-refractivity contribution in [3.05, 3.63) is 175 Å². The highest BCUT2D eigenvalue weighted by atomic mass is 16.3. The molecule has 5 nitrogen and oxygen atoms in total. The zero-order valence-corrected chi connectivity index (χ0v) is 27.4. The molecule has 2 aromatic heterocycles. The van der Waals surface area contributed by atoms with Crippen molar-refractivity contribution in [3.63, 3.8) is 0 Å². The second kappa shape index (κ2) is 12.7. The number of aromatic nitrogens is 3. The van der Waals surface area contributed by atoms with Crippen LogP contribution >= 0.6 is 0 Å². The first kappa shape index (κ1) is 29.9. The third-order valence-electron chi connectivity index (χ3n) is 9.22. The van der Waals surface area contributed by atoms with Gasteiger partial charge in [-0.2, -0.15) is 5.26 Å². The molecule has 238 valence electrons. The molecule has 0 saturated heterocycles. The van der Waals surface area contributed by atoms with E-state index in [9.17, 15) is 5.26 Å². The summed E-state index contributed by atoms with van der Waals surface area (Å²) in [6, 6.07) is 59.4. The van der Waals surface area contributed by atoms with Gasteiger partial charge in [0, 0.05) is 27.5 Å². The fraction of sp³-hybridized carbons (Fsp3) is 0. The van der Waals surface area contributed by atoms with Gasteiger partial charge in [0.1, 0.15) is 11.2 Å². The number of hydrogen-bond acceptors (Lipinski definition) is 5. The monoisotopic (exact) mass is 652 g/mol. The van der Waals surface area contributed by atoms with Crippen LogP contribution in [-0.4, -0.2) is 15.0 Å². The van der Waals surface area contributed by atoms with Crippen LogP contribution in [0.4, 0.5) is 0 Å². The average molecular weight is 653 g/mol. The number of furan rings is 1. The van der Waals surface area contributed by atoms with Gasteiger partial charge < -0.3 is 4.42 Å². The van der Waals surface area contributed by atoms with E-state index in [0.29, 0.717) is 23.0 Å². The van der Waals surface area contributed by atoms with Crippen LogP contribution in [0, 0.1) is 11.3 Å². The highest BCUT2D eigenvalue weighted by molar-refractivity contribution is 6.13. The van der Waals surface area contributed by atoms with Crippen molar-refractivity contribution in [2.45, 2.75) is 0 Å². The smallest absolute Gasteiger partial charge is 0.164 e. The topological polar surface area (TPSA) is 75.6 Å². The molecule has 0 bridgehead atoms. The molecule has 0 saturated carbocycles. The van der Waals surface area contributed by atoms with E-state index in [1.54, 1.807) is 0 Å². The molecule has 5 heteroatoms. The molecule has 9 rings (SSSR count). The molecule has 0 unspecified atom stereocenters. The standard InChI is InChI=1S/C46H28N4O/c47-29-30-14-16-35(17-15-30)39-12-7-13-41-43(39)40-27-26-38(28-42(40)51-41)46-49-44(36-22-18-33(19-23-36)31-8-3-1-4-9-31)48-45(50-46)37-24-20-34(21-25-37)32-10-5-2-6-11-32/h1-28H. The largest absolute Gasteiger partial charge is 0.456 e. The maximum atomic E-state index is 9.29. The Hall–Kier alpha value is -7.16. The molecule has 0 atom stereocenters. The van der Waals surface area contributed by atoms with Crippen molar-refractivity contribution >= 4 is 21.9 Å². The van der Waals surface area contributed by atoms with Crippen molar-refractivity contribution in [1.82, 2.24) is 15.0 Å². The summed E-state index contributed by atoms with van der Waals surface area (Å²) in [6.45, 7) is 0. The molecule has 0 aliphatic rings. The lowest BCUT2D eigenvalue weighted by molar-refractivity contribution is 0.669. The maximum absolute atomic E-state index is 9.29. The second-order valence-electron chi connectivity index (χ2n) is 12.4. The summed E-state index contributed by atoms with van der Waals surface area (Å²) in [7, 11) is 0. The number of rotatable bonds is 6. The second-order valence-corrected chi connectivity index (χ2v) is 12.4. The number of nitriles is 1. The van der Waals surface area contributed by atoms with Crippen LogP contribution in [0.5, 0.6) is 0 Å². The predicted octanol–water partition coefficient (Wildman–Crippen LogP) is 11.6. The van der Waals surface area contributed by atoms with Gasteiger partial charge in [-0.05, 0) is 63.7 Å². The Bertz CT molecular complexity index is 2610. The van der Waals surface area contributed by atoms with Gasteiger partial charge in [-0.25, -0.2) is 15.0 Å². The van der Waals surface area contributed by atoms with Crippen LogP contribution in [0.2, 0.25) is 0 Å². The Morgan fingerprint density at radius 2 is 0.863 bits per heavy atom. The minimum absolute atomic E-state index is 0.559. The van der Waals surface area contributed by atoms with Crippen LogP contribution < -0.4 is 0 Å². The summed E-state index contributed by atoms with van der Waals surface area (Å²) >= 11 is 0. The van der Waals surface area contributed by atoms with Gasteiger partial charge in [-0.3, -0.25) is 0 Å². The first-order valence-electron chi connectivity index (χ1n) is 16.7. The van der Waals surface area contributed by atoms with Crippen molar-refractivity contribution in [2.75, 3.05) is 0 Å². The fourth-order valence-electron chi connectivity index (χ4n) is 6.58. The van der Waals surface area contributed by atoms with Gasteiger partial charge in [0.2, 0.25) is 0 Å². The minimum Gasteiger partial charge on any atom is -0.456 e. The minimum atomic E-state index is 0.559. The Kier molecular flexibility index (Phi) is 7.46. The van der Waals surface area contributed by atoms with Crippen LogP contribution in [-0.2, 0) is 0 Å². The van der Waals surface area contributed by atoms with E-state index in [1.165, 1.54) is 0 Å². The van der Waals surface area contributed by atoms with E-state index in [0.717, 1.165) is 72.0 Å². The molecule has 7 aromatic carbocycles. The zero-order chi connectivity index (χ0) is 34.1. The van der Waals surface area contributed by atoms with E-state index < -0.39 is 0 Å². The predicted molar refractivity (Wildman–Crippen MR) is 204 cm³/mol. The van der Waals surface area contributed by atoms with E-state index in [4.69, 9.17) is 19.4 Å². The maximum Gasteiger partial charge on any atom is 0.164 e. The van der Waals surface area contributed by atoms with Gasteiger partial charge in [0.15, 0.2) is 17.5 Å². The van der Waals surface area contributed by atoms with Gasteiger partial charge in [0.05, 0.1) is 11.6 Å². The summed E-state index contributed by atoms with van der Waals surface area (Å²) in [5.74, 6) is 1.74. The summed E-state index contributed by atoms with van der Waals surface area (Å²) in [4.78, 5) is 15.0. The number of fused-ring (bicyclic) bond motifs is 3. The van der Waals surface area contributed by atoms with Crippen molar-refractivity contribution in [3.8, 4) is 73.6 Å². The summed E-state index contributed by atoms with van der Waals surface area (Å²) in [5, 5.41) is 11.3. The summed E-state index contributed by atoms with van der Waals surface area (Å²) < 4.78 is 6.44. The molecule has 0 N–H and O–H groups in total. The fourth-order valence-corrected chi connectivity index (χ4v) is 6.58. The first-order valence-corrected chi connectivity index (χ1v) is 16.7. The Morgan fingerprint density at radius 3 is 1.41 bits per heavy atom. The van der Waals surface area contributed by atoms with E-state index in [1.807, 2.05) is 84.9 Å². The Balaban J connectivity index is 1.15. The average Bonchev–Trinajstić information content (AvgIpc) is 3.60. The molecule has 0 radical (unpaired) electrons. The molecule has 0 amide bonds. The van der Waals surface area contributed by atoms with Gasteiger partial charge in [0.25, 0.3) is 0 Å². The van der Waals surface area contributed by atoms with Crippen LogP contribution in [0.15, 0.2) is 174 Å². The normalized spacial score (nSPS) is 11.1. The highest BCUT2D eigenvalue weighted by Gasteiger charge is 2.17. The summed E-state index contributed by atoms with van der Waals surface area (Å²) in [6.07, 6.45) is 0. The van der Waals surface area contributed by atoms with Crippen molar-refractivity contribution in [2.24, 2.45) is 0 Å². The van der Waals surface area contributed by atoms with E-state index in [-0.39, 0.29) is 0 Å². The number of benzene rings is 7. The third-order valence-corrected chi connectivity index (χ3v) is 9.22. The van der Waals surface area contributed by atoms with Gasteiger partial charge in [-0.15, -0.1) is 0 Å². The molecule has 9 aromatic rings. The first-order chi connectivity index (χ1) is 25.2. The van der Waals surface area contributed by atoms with Gasteiger partial charge >= 0.3 is 0 Å². The molecule has 0 aliphatic heterocycles. The lowest BCUT2D eigenvalue weighted by Crippen LogP contribution is -2.00. The summed E-state index contributed by atoms with van der Waals surface area (Å²) in [5.41, 5.74) is 11.4. The lowest BCUT2D eigenvalue weighted by atomic mass is 9.98. The SMILES string of the molecule is N#Cc1ccc(-c2cccc3oc4cc(-c5nc(-c6ccc(-c7ccccc7)cc6)nc(-c6ccc(-c7ccccc7)cc6)n5)ccc4c23)cc1. The third kappa shape index (κ3) is 5.71. The number of nitrogens with zero attached hydrogens (tertiary/aromatic N) is 4. The van der Waals surface area contributed by atoms with Crippen molar-refractivity contribution < 1.29 is 4.42 Å². The van der Waals surface area contributed by atoms with Crippen molar-refractivity contribution in [1.29, 1.82) is 5.26 Å². The number of hydrogen-bond donors (Lipinski definition) is 0. The van der Waals surface area contributed by atoms with Crippen LogP contribution in [0.25, 0.3) is 89.5 Å². The molecular weight excluding hydrogens is 625 g/mol.